The first kappa shape index (κ1) is 25.7. The van der Waals surface area contributed by atoms with Gasteiger partial charge < -0.3 is 15.3 Å². The number of aryl methyl sites for hydroxylation is 1. The number of fused-ring (bicyclic) bond motifs is 2. The van der Waals surface area contributed by atoms with Crippen LogP contribution in [0.5, 0.6) is 0 Å². The van der Waals surface area contributed by atoms with Gasteiger partial charge in [0.15, 0.2) is 5.82 Å². The fourth-order valence-electron chi connectivity index (χ4n) is 3.58. The lowest BCUT2D eigenvalue weighted by atomic mass is 10.2. The summed E-state index contributed by atoms with van der Waals surface area (Å²) in [5, 5.41) is 24.4. The molecule has 0 spiro atoms. The van der Waals surface area contributed by atoms with Crippen LogP contribution in [0, 0.1) is 0 Å². The fourth-order valence-corrected chi connectivity index (χ4v) is 3.77. The number of hydrogen-bond donors (Lipinski definition) is 3. The first-order chi connectivity index (χ1) is 17.6. The van der Waals surface area contributed by atoms with Gasteiger partial charge in [-0.15, -0.1) is 0 Å². The number of benzene rings is 2. The Labute approximate surface area is 212 Å². The third-order valence-electron chi connectivity index (χ3n) is 5.30. The molecule has 5 aromatic rings. The molecule has 0 bridgehead atoms. The lowest BCUT2D eigenvalue weighted by Crippen LogP contribution is -2.21. The number of alkyl halides is 3. The molecule has 0 saturated heterocycles. The molecule has 0 amide bonds. The van der Waals surface area contributed by atoms with Gasteiger partial charge in [-0.3, -0.25) is 9.78 Å². The number of rotatable bonds is 5. The van der Waals surface area contributed by atoms with E-state index in [0.717, 1.165) is 33.2 Å². The van der Waals surface area contributed by atoms with Crippen LogP contribution in [0.3, 0.4) is 0 Å². The van der Waals surface area contributed by atoms with Crippen molar-refractivity contribution in [3.05, 3.63) is 60.0 Å². The number of nitrogens with one attached hydrogen (secondary N) is 2. The highest BCUT2D eigenvalue weighted by Gasteiger charge is 2.38. The molecule has 3 N–H and O–H groups in total. The highest BCUT2D eigenvalue weighted by atomic mass is 35.5. The van der Waals surface area contributed by atoms with Crippen LogP contribution >= 0.6 is 11.6 Å². The molecule has 0 unspecified atom stereocenters. The molecule has 3 heterocycles. The Morgan fingerprint density at radius 1 is 1.22 bits per heavy atom. The van der Waals surface area contributed by atoms with Gasteiger partial charge in [0.1, 0.15) is 5.02 Å². The molecule has 0 aliphatic heterocycles. The average molecular weight is 533 g/mol. The summed E-state index contributed by atoms with van der Waals surface area (Å²) in [4.78, 5) is 20.0. The second-order valence-electron chi connectivity index (χ2n) is 7.69. The van der Waals surface area contributed by atoms with E-state index < -0.39 is 12.1 Å². The molecule has 0 atom stereocenters. The molecular formula is C23H20ClF3N8O2. The standard InChI is InChI=1S/C21H19ClN8.C2HF3O2/c1-3-30(18-6-4-5-17-15(18)11-24-28-17)20-16(22)12-23-21(27-20)26-14-8-7-13-10-25-29(2)19(13)9-14;3-2(4,5)1(6)7/h4-12H,3H2,1-2H3,(H,24,28)(H,23,26,27);(H,6,7). The maximum absolute atomic E-state index is 10.6. The van der Waals surface area contributed by atoms with Crippen molar-refractivity contribution in [3.8, 4) is 0 Å². The average Bonchev–Trinajstić information content (AvgIpc) is 3.48. The van der Waals surface area contributed by atoms with Gasteiger partial charge in [-0.05, 0) is 37.3 Å². The van der Waals surface area contributed by atoms with Crippen LogP contribution in [0.25, 0.3) is 21.8 Å². The smallest absolute Gasteiger partial charge is 0.475 e. The van der Waals surface area contributed by atoms with E-state index in [1.165, 1.54) is 0 Å². The molecule has 0 aliphatic carbocycles. The van der Waals surface area contributed by atoms with Crippen LogP contribution < -0.4 is 10.2 Å². The van der Waals surface area contributed by atoms with Crippen molar-refractivity contribution < 1.29 is 23.1 Å². The van der Waals surface area contributed by atoms with Gasteiger partial charge in [0.2, 0.25) is 5.95 Å². The van der Waals surface area contributed by atoms with E-state index in [4.69, 9.17) is 26.5 Å². The lowest BCUT2D eigenvalue weighted by molar-refractivity contribution is -0.192. The number of aromatic amines is 1. The van der Waals surface area contributed by atoms with Crippen LogP contribution in [-0.4, -0.2) is 53.7 Å². The number of nitrogens with zero attached hydrogens (tertiary/aromatic N) is 6. The SMILES string of the molecule is CCN(c1nc(Nc2ccc3cnn(C)c3c2)ncc1Cl)c1cccc2[nH]ncc12.O=C(O)C(F)(F)F. The number of carboxylic acids is 1. The van der Waals surface area contributed by atoms with E-state index in [9.17, 15) is 13.2 Å². The predicted molar refractivity (Wildman–Crippen MR) is 134 cm³/mol. The summed E-state index contributed by atoms with van der Waals surface area (Å²) < 4.78 is 33.6. The Morgan fingerprint density at radius 2 is 1.97 bits per heavy atom. The van der Waals surface area contributed by atoms with Crippen LogP contribution in [0.4, 0.5) is 36.3 Å². The summed E-state index contributed by atoms with van der Waals surface area (Å²) in [5.74, 6) is -1.66. The molecule has 0 saturated carbocycles. The minimum Gasteiger partial charge on any atom is -0.475 e. The number of aliphatic carboxylic acids is 1. The van der Waals surface area contributed by atoms with Crippen molar-refractivity contribution >= 4 is 62.5 Å². The van der Waals surface area contributed by atoms with Crippen LogP contribution in [0.1, 0.15) is 6.92 Å². The van der Waals surface area contributed by atoms with Gasteiger partial charge in [-0.2, -0.15) is 28.4 Å². The monoisotopic (exact) mass is 532 g/mol. The van der Waals surface area contributed by atoms with Crippen molar-refractivity contribution in [3.63, 3.8) is 0 Å². The number of aromatic nitrogens is 6. The fraction of sp³-hybridized carbons (Fsp3) is 0.174. The molecule has 0 fully saturated rings. The number of halogens is 4. The van der Waals surface area contributed by atoms with Gasteiger partial charge in [-0.1, -0.05) is 17.7 Å². The van der Waals surface area contributed by atoms with E-state index in [2.05, 4.69) is 37.4 Å². The zero-order chi connectivity index (χ0) is 26.7. The molecule has 192 valence electrons. The summed E-state index contributed by atoms with van der Waals surface area (Å²) in [6, 6.07) is 12.0. The van der Waals surface area contributed by atoms with Crippen molar-refractivity contribution in [2.75, 3.05) is 16.8 Å². The van der Waals surface area contributed by atoms with E-state index in [1.54, 1.807) is 6.20 Å². The van der Waals surface area contributed by atoms with Gasteiger partial charge in [-0.25, -0.2) is 9.78 Å². The van der Waals surface area contributed by atoms with Gasteiger partial charge in [0.25, 0.3) is 0 Å². The molecule has 14 heteroatoms. The number of carboxylic acid groups (broad SMARTS) is 1. The van der Waals surface area contributed by atoms with Gasteiger partial charge in [0.05, 0.1) is 35.3 Å². The minimum absolute atomic E-state index is 0.466. The van der Waals surface area contributed by atoms with E-state index in [0.29, 0.717) is 23.3 Å². The van der Waals surface area contributed by atoms with Crippen molar-refractivity contribution in [1.82, 2.24) is 29.9 Å². The van der Waals surface area contributed by atoms with Gasteiger partial charge in [0, 0.05) is 30.1 Å². The lowest BCUT2D eigenvalue weighted by Gasteiger charge is -2.24. The normalized spacial score (nSPS) is 11.3. The minimum atomic E-state index is -5.08. The number of carbonyl (C=O) groups is 1. The largest absolute Gasteiger partial charge is 0.490 e. The van der Waals surface area contributed by atoms with Crippen molar-refractivity contribution in [2.24, 2.45) is 7.05 Å². The second kappa shape index (κ2) is 10.3. The Bertz CT molecular complexity index is 1570. The number of H-pyrrole nitrogens is 1. The topological polar surface area (TPSA) is 125 Å². The summed E-state index contributed by atoms with van der Waals surface area (Å²) in [5.41, 5.74) is 3.83. The molecule has 0 aliphatic rings. The Hall–Kier alpha value is -4.39. The molecule has 2 aromatic carbocycles. The third-order valence-corrected chi connectivity index (χ3v) is 5.56. The molecule has 10 nitrogen and oxygen atoms in total. The van der Waals surface area contributed by atoms with E-state index in [1.807, 2.05) is 60.5 Å². The second-order valence-corrected chi connectivity index (χ2v) is 8.09. The Kier molecular flexibility index (Phi) is 7.16. The highest BCUT2D eigenvalue weighted by Crippen LogP contribution is 2.34. The molecule has 0 radical (unpaired) electrons. The van der Waals surface area contributed by atoms with Crippen molar-refractivity contribution in [2.45, 2.75) is 13.1 Å². The number of hydrogen-bond acceptors (Lipinski definition) is 7. The van der Waals surface area contributed by atoms with Crippen LogP contribution in [0.2, 0.25) is 5.02 Å². The molecule has 3 aromatic heterocycles. The summed E-state index contributed by atoms with van der Waals surface area (Å²) in [7, 11) is 1.92. The number of anilines is 4. The van der Waals surface area contributed by atoms with Crippen molar-refractivity contribution in [1.29, 1.82) is 0 Å². The first-order valence-corrected chi connectivity index (χ1v) is 11.2. The zero-order valence-corrected chi connectivity index (χ0v) is 20.2. The van der Waals surface area contributed by atoms with E-state index in [-0.39, 0.29) is 0 Å². The van der Waals surface area contributed by atoms with Crippen LogP contribution in [-0.2, 0) is 11.8 Å². The Balaban J connectivity index is 0.000000405. The summed E-state index contributed by atoms with van der Waals surface area (Å²) >= 11 is 6.50. The van der Waals surface area contributed by atoms with E-state index >= 15 is 0 Å². The first-order valence-electron chi connectivity index (χ1n) is 10.8. The quantitative estimate of drug-likeness (QED) is 0.274. The molecular weight excluding hydrogens is 513 g/mol. The third kappa shape index (κ3) is 5.56. The summed E-state index contributed by atoms with van der Waals surface area (Å²) in [6.07, 6.45) is 0.184. The van der Waals surface area contributed by atoms with Crippen LogP contribution in [0.15, 0.2) is 55.0 Å². The zero-order valence-electron chi connectivity index (χ0n) is 19.5. The molecule has 37 heavy (non-hydrogen) atoms. The predicted octanol–water partition coefficient (Wildman–Crippen LogP) is 5.43. The molecule has 5 rings (SSSR count). The Morgan fingerprint density at radius 3 is 2.68 bits per heavy atom. The highest BCUT2D eigenvalue weighted by molar-refractivity contribution is 6.33. The summed E-state index contributed by atoms with van der Waals surface area (Å²) in [6.45, 7) is 2.74. The maximum atomic E-state index is 10.6. The maximum Gasteiger partial charge on any atom is 0.490 e. The van der Waals surface area contributed by atoms with Gasteiger partial charge >= 0.3 is 12.1 Å².